The largest absolute Gasteiger partial charge is 0.339 e. The van der Waals surface area contributed by atoms with E-state index in [2.05, 4.69) is 19.2 Å². The summed E-state index contributed by atoms with van der Waals surface area (Å²) in [5.41, 5.74) is 2.63. The van der Waals surface area contributed by atoms with E-state index >= 15 is 0 Å². The summed E-state index contributed by atoms with van der Waals surface area (Å²) in [5, 5.41) is 2.84. The number of carbonyl (C=O) groups is 2. The highest BCUT2D eigenvalue weighted by molar-refractivity contribution is 5.97. The average Bonchev–Trinajstić information content (AvgIpc) is 2.45. The Morgan fingerprint density at radius 2 is 1.90 bits per heavy atom. The number of hydrogen-bond acceptors (Lipinski definition) is 2. The molecule has 0 atom stereocenters. The van der Waals surface area contributed by atoms with E-state index in [4.69, 9.17) is 0 Å². The molecule has 1 aliphatic rings. The lowest BCUT2D eigenvalue weighted by Crippen LogP contribution is -2.32. The number of fused-ring (bicyclic) bond motifs is 1. The van der Waals surface area contributed by atoms with Crippen LogP contribution in [0.2, 0.25) is 0 Å². The summed E-state index contributed by atoms with van der Waals surface area (Å²) in [4.78, 5) is 25.8. The Labute approximate surface area is 120 Å². The van der Waals surface area contributed by atoms with Crippen molar-refractivity contribution in [2.45, 2.75) is 39.5 Å². The van der Waals surface area contributed by atoms with E-state index in [0.29, 0.717) is 12.8 Å². The smallest absolute Gasteiger partial charge is 0.253 e. The van der Waals surface area contributed by atoms with E-state index in [0.717, 1.165) is 42.7 Å². The molecular formula is C16H22N2O2. The van der Waals surface area contributed by atoms with Gasteiger partial charge in [-0.1, -0.05) is 13.8 Å². The van der Waals surface area contributed by atoms with Gasteiger partial charge in [-0.25, -0.2) is 0 Å². The minimum atomic E-state index is 0.0511. The molecule has 0 unspecified atom stereocenters. The summed E-state index contributed by atoms with van der Waals surface area (Å²) < 4.78 is 0. The molecule has 0 saturated heterocycles. The van der Waals surface area contributed by atoms with E-state index < -0.39 is 0 Å². The number of anilines is 1. The first-order valence-corrected chi connectivity index (χ1v) is 7.37. The molecule has 1 aromatic rings. The topological polar surface area (TPSA) is 49.4 Å². The molecule has 0 radical (unpaired) electrons. The van der Waals surface area contributed by atoms with Crippen molar-refractivity contribution in [3.8, 4) is 0 Å². The highest BCUT2D eigenvalue weighted by Crippen LogP contribution is 2.24. The highest BCUT2D eigenvalue weighted by atomic mass is 16.2. The Bertz CT molecular complexity index is 505. The molecule has 0 fully saturated rings. The number of hydrogen-bond donors (Lipinski definition) is 1. The summed E-state index contributed by atoms with van der Waals surface area (Å²) in [7, 11) is 0. The normalized spacial score (nSPS) is 13.6. The van der Waals surface area contributed by atoms with Crippen molar-refractivity contribution >= 4 is 17.5 Å². The fourth-order valence-electron chi connectivity index (χ4n) is 2.55. The van der Waals surface area contributed by atoms with Gasteiger partial charge in [0, 0.05) is 30.8 Å². The van der Waals surface area contributed by atoms with Crippen LogP contribution in [0.1, 0.15) is 49.0 Å². The summed E-state index contributed by atoms with van der Waals surface area (Å²) >= 11 is 0. The van der Waals surface area contributed by atoms with E-state index in [1.165, 1.54) is 0 Å². The molecule has 1 aromatic carbocycles. The van der Waals surface area contributed by atoms with Crippen molar-refractivity contribution in [1.82, 2.24) is 4.90 Å². The predicted molar refractivity (Wildman–Crippen MR) is 79.9 cm³/mol. The summed E-state index contributed by atoms with van der Waals surface area (Å²) in [6, 6.07) is 5.58. The molecule has 2 amide bonds. The molecule has 4 nitrogen and oxygen atoms in total. The minimum Gasteiger partial charge on any atom is -0.339 e. The van der Waals surface area contributed by atoms with E-state index in [9.17, 15) is 9.59 Å². The zero-order valence-corrected chi connectivity index (χ0v) is 12.2. The number of amides is 2. The number of nitrogens with zero attached hydrogens (tertiary/aromatic N) is 1. The number of aryl methyl sites for hydroxylation is 1. The van der Waals surface area contributed by atoms with Crippen molar-refractivity contribution < 1.29 is 9.59 Å². The second kappa shape index (κ2) is 6.55. The predicted octanol–water partition coefficient (Wildman–Crippen LogP) is 2.83. The molecule has 20 heavy (non-hydrogen) atoms. The zero-order chi connectivity index (χ0) is 14.5. The molecule has 1 N–H and O–H groups in total. The van der Waals surface area contributed by atoms with Gasteiger partial charge in [0.15, 0.2) is 0 Å². The van der Waals surface area contributed by atoms with E-state index in [-0.39, 0.29) is 11.8 Å². The summed E-state index contributed by atoms with van der Waals surface area (Å²) in [6.07, 6.45) is 3.14. The van der Waals surface area contributed by atoms with Gasteiger partial charge in [-0.05, 0) is 43.0 Å². The lowest BCUT2D eigenvalue weighted by atomic mass is 10.00. The maximum Gasteiger partial charge on any atom is 0.253 e. The molecular weight excluding hydrogens is 252 g/mol. The van der Waals surface area contributed by atoms with Crippen molar-refractivity contribution in [2.24, 2.45) is 0 Å². The van der Waals surface area contributed by atoms with Crippen LogP contribution in [0.3, 0.4) is 0 Å². The van der Waals surface area contributed by atoms with Gasteiger partial charge in [-0.15, -0.1) is 0 Å². The van der Waals surface area contributed by atoms with Crippen molar-refractivity contribution in [3.63, 3.8) is 0 Å². The van der Waals surface area contributed by atoms with Gasteiger partial charge in [-0.2, -0.15) is 0 Å². The summed E-state index contributed by atoms with van der Waals surface area (Å²) in [5.74, 6) is 0.142. The SMILES string of the molecule is CCCN(CCC)C(=O)c1ccc2c(c1)CCC(=O)N2. The lowest BCUT2D eigenvalue weighted by Gasteiger charge is -2.23. The Hall–Kier alpha value is -1.84. The second-order valence-electron chi connectivity index (χ2n) is 5.21. The fourth-order valence-corrected chi connectivity index (χ4v) is 2.55. The van der Waals surface area contributed by atoms with Crippen LogP contribution in [0.5, 0.6) is 0 Å². The third kappa shape index (κ3) is 3.18. The Morgan fingerprint density at radius 3 is 2.55 bits per heavy atom. The molecule has 2 rings (SSSR count). The molecule has 0 aromatic heterocycles. The number of nitrogens with one attached hydrogen (secondary N) is 1. The van der Waals surface area contributed by atoms with Crippen LogP contribution in [-0.4, -0.2) is 29.8 Å². The van der Waals surface area contributed by atoms with Gasteiger partial charge in [0.05, 0.1) is 0 Å². The standard InChI is InChI=1S/C16H22N2O2/c1-3-9-18(10-4-2)16(20)13-5-7-14-12(11-13)6-8-15(19)17-14/h5,7,11H,3-4,6,8-10H2,1-2H3,(H,17,19). The molecule has 1 heterocycles. The highest BCUT2D eigenvalue weighted by Gasteiger charge is 2.19. The second-order valence-corrected chi connectivity index (χ2v) is 5.21. The Morgan fingerprint density at radius 1 is 1.20 bits per heavy atom. The van der Waals surface area contributed by atoms with Gasteiger partial charge in [0.1, 0.15) is 0 Å². The zero-order valence-electron chi connectivity index (χ0n) is 12.2. The molecule has 4 heteroatoms. The molecule has 0 spiro atoms. The van der Waals surface area contributed by atoms with Crippen LogP contribution in [0.15, 0.2) is 18.2 Å². The monoisotopic (exact) mass is 274 g/mol. The third-order valence-corrected chi connectivity index (χ3v) is 3.52. The van der Waals surface area contributed by atoms with Crippen LogP contribution in [-0.2, 0) is 11.2 Å². The van der Waals surface area contributed by atoms with Crippen molar-refractivity contribution in [3.05, 3.63) is 29.3 Å². The van der Waals surface area contributed by atoms with E-state index in [1.807, 2.05) is 23.1 Å². The minimum absolute atomic E-state index is 0.0511. The Balaban J connectivity index is 2.20. The first-order chi connectivity index (χ1) is 9.65. The van der Waals surface area contributed by atoms with Crippen molar-refractivity contribution in [1.29, 1.82) is 0 Å². The van der Waals surface area contributed by atoms with Gasteiger partial charge >= 0.3 is 0 Å². The van der Waals surface area contributed by atoms with Gasteiger partial charge < -0.3 is 10.2 Å². The first kappa shape index (κ1) is 14.6. The molecule has 108 valence electrons. The maximum atomic E-state index is 12.5. The van der Waals surface area contributed by atoms with Gasteiger partial charge in [0.2, 0.25) is 5.91 Å². The summed E-state index contributed by atoms with van der Waals surface area (Å²) in [6.45, 7) is 5.75. The third-order valence-electron chi connectivity index (χ3n) is 3.52. The number of carbonyl (C=O) groups excluding carboxylic acids is 2. The molecule has 0 saturated carbocycles. The van der Waals surface area contributed by atoms with Crippen LogP contribution in [0.4, 0.5) is 5.69 Å². The van der Waals surface area contributed by atoms with Crippen molar-refractivity contribution in [2.75, 3.05) is 18.4 Å². The number of benzene rings is 1. The maximum absolute atomic E-state index is 12.5. The molecule has 0 bridgehead atoms. The quantitative estimate of drug-likeness (QED) is 0.897. The molecule has 1 aliphatic heterocycles. The lowest BCUT2D eigenvalue weighted by molar-refractivity contribution is -0.116. The average molecular weight is 274 g/mol. The Kier molecular flexibility index (Phi) is 4.77. The van der Waals surface area contributed by atoms with Gasteiger partial charge in [-0.3, -0.25) is 9.59 Å². The van der Waals surface area contributed by atoms with Crippen LogP contribution < -0.4 is 5.32 Å². The van der Waals surface area contributed by atoms with Crippen LogP contribution in [0, 0.1) is 0 Å². The van der Waals surface area contributed by atoms with Gasteiger partial charge in [0.25, 0.3) is 5.91 Å². The first-order valence-electron chi connectivity index (χ1n) is 7.37. The van der Waals surface area contributed by atoms with Crippen LogP contribution >= 0.6 is 0 Å². The van der Waals surface area contributed by atoms with Crippen LogP contribution in [0.25, 0.3) is 0 Å². The number of rotatable bonds is 5. The fraction of sp³-hybridized carbons (Fsp3) is 0.500. The van der Waals surface area contributed by atoms with E-state index in [1.54, 1.807) is 0 Å². The molecule has 0 aliphatic carbocycles.